The molecule has 0 spiro atoms. The van der Waals surface area contributed by atoms with E-state index in [4.69, 9.17) is 34.2 Å². The van der Waals surface area contributed by atoms with E-state index < -0.39 is 17.9 Å². The van der Waals surface area contributed by atoms with Crippen molar-refractivity contribution in [3.63, 3.8) is 0 Å². The van der Waals surface area contributed by atoms with Crippen LogP contribution in [0.15, 0.2) is 147 Å². The molecule has 0 unspecified atom stereocenters. The number of hydrogen-bond acceptors (Lipinski definition) is 15. The number of amides is 3. The Labute approximate surface area is 627 Å². The van der Waals surface area contributed by atoms with Crippen LogP contribution in [0.2, 0.25) is 0 Å². The second kappa shape index (κ2) is 36.9. The van der Waals surface area contributed by atoms with E-state index in [2.05, 4.69) is 69.2 Å². The number of nitrogens with two attached hydrogens (primary N) is 1. The van der Waals surface area contributed by atoms with Crippen LogP contribution < -0.4 is 40.1 Å². The molecule has 2 aliphatic carbocycles. The minimum absolute atomic E-state index is 0.0995. The van der Waals surface area contributed by atoms with Gasteiger partial charge in [0.25, 0.3) is 0 Å². The molecule has 2 saturated carbocycles. The predicted molar refractivity (Wildman–Crippen MR) is 419 cm³/mol. The minimum Gasteiger partial charge on any atom is -0.489 e. The Bertz CT molecular complexity index is 4460. The number of ether oxygens (including phenoxy) is 6. The summed E-state index contributed by atoms with van der Waals surface area (Å²) in [5.41, 5.74) is 19.6. The van der Waals surface area contributed by atoms with Gasteiger partial charge < -0.3 is 73.3 Å². The molecule has 21 nitrogen and oxygen atoms in total. The largest absolute Gasteiger partial charge is 0.489 e. The molecule has 0 atom stereocenters. The highest BCUT2D eigenvalue weighted by atomic mass is 16.5. The van der Waals surface area contributed by atoms with Crippen LogP contribution in [0.4, 0.5) is 22.7 Å². The Morgan fingerprint density at radius 1 is 0.533 bits per heavy atom. The molecule has 0 bridgehead atoms. The maximum atomic E-state index is 13.4. The summed E-state index contributed by atoms with van der Waals surface area (Å²) in [5.74, 6) is 0.419. The van der Waals surface area contributed by atoms with Crippen LogP contribution >= 0.6 is 0 Å². The molecule has 6 heterocycles. The lowest BCUT2D eigenvalue weighted by atomic mass is 9.81. The molecule has 2 aromatic heterocycles. The number of morpholine rings is 2. The predicted octanol–water partition coefficient (Wildman–Crippen LogP) is 14.7. The van der Waals surface area contributed by atoms with E-state index in [-0.39, 0.29) is 36.7 Å². The summed E-state index contributed by atoms with van der Waals surface area (Å²) in [5, 5.41) is 15.1. The van der Waals surface area contributed by atoms with Crippen molar-refractivity contribution in [1.82, 2.24) is 14.5 Å². The molecule has 21 heteroatoms. The van der Waals surface area contributed by atoms with Gasteiger partial charge in [0.15, 0.2) is 0 Å². The maximum Gasteiger partial charge on any atom is 0.337 e. The number of nitrogens with zero attached hydrogens (tertiary/aromatic N) is 6. The highest BCUT2D eigenvalue weighted by Crippen LogP contribution is 2.47. The van der Waals surface area contributed by atoms with Crippen LogP contribution in [0.1, 0.15) is 158 Å². The first-order valence-corrected chi connectivity index (χ1v) is 38.2. The van der Waals surface area contributed by atoms with Gasteiger partial charge in [-0.25, -0.2) is 9.59 Å². The molecular weight excluding hydrogens is 1350 g/mol. The number of aliphatic carboxylic acids is 1. The van der Waals surface area contributed by atoms with E-state index in [0.717, 1.165) is 200 Å². The number of rotatable bonds is 25. The molecule has 107 heavy (non-hydrogen) atoms. The average molecular weight is 1460 g/mol. The van der Waals surface area contributed by atoms with Gasteiger partial charge in [-0.05, 0) is 201 Å². The third-order valence-electron chi connectivity index (χ3n) is 21.4. The second-order valence-electron chi connectivity index (χ2n) is 28.2. The van der Waals surface area contributed by atoms with Gasteiger partial charge in [-0.15, -0.1) is 13.2 Å². The molecule has 14 rings (SSSR count). The summed E-state index contributed by atoms with van der Waals surface area (Å²) in [6, 6.07) is 39.6. The Hall–Kier alpha value is -10.2. The van der Waals surface area contributed by atoms with Gasteiger partial charge in [0.05, 0.1) is 74.2 Å². The number of carbonyl (C=O) groups is 6. The fourth-order valence-electron chi connectivity index (χ4n) is 16.1. The average Bonchev–Trinajstić information content (AvgIpc) is 1.60. The number of carboxylic acid groups (broad SMARTS) is 1. The number of fused-ring (bicyclic) bond motifs is 2. The first-order chi connectivity index (χ1) is 52.3. The number of benzene rings is 6. The highest BCUT2D eigenvalue weighted by Gasteiger charge is 2.32. The fraction of sp³-hybridized carbons (Fsp3) is 0.419. The molecule has 0 radical (unpaired) electrons. The minimum atomic E-state index is -0.953. The fourth-order valence-corrected chi connectivity index (χ4v) is 16.1. The van der Waals surface area contributed by atoms with Gasteiger partial charge >= 0.3 is 17.9 Å². The SMILES string of the molecule is C=CCCN.C=CCCNC(=O)Cn1c(-c2ccc(OCc3cc(N4CCCC4=O)ccc3N3CCOCC3)cc2)c(C2CCCCC2)c2ccc(C(=O)OC)cc21.COC(=O)c1ccc2c(C3CCCCC3)c(-c3ccc(OCc4cc(N5CCCC5=O)ccc4N4CCOCC4)cc3)n(CC(=O)O)c2c1. The van der Waals surface area contributed by atoms with Crippen molar-refractivity contribution in [2.45, 2.75) is 141 Å². The molecule has 6 aliphatic rings. The second-order valence-corrected chi connectivity index (χ2v) is 28.2. The van der Waals surface area contributed by atoms with Gasteiger partial charge in [-0.3, -0.25) is 19.2 Å². The van der Waals surface area contributed by atoms with E-state index in [1.165, 1.54) is 32.6 Å². The van der Waals surface area contributed by atoms with Gasteiger partial charge in [0, 0.05) is 103 Å². The molecule has 8 aromatic rings. The Kier molecular flexibility index (Phi) is 26.3. The van der Waals surface area contributed by atoms with Crippen molar-refractivity contribution in [1.29, 1.82) is 0 Å². The lowest BCUT2D eigenvalue weighted by Gasteiger charge is -2.31. The summed E-state index contributed by atoms with van der Waals surface area (Å²) in [7, 11) is 2.73. The van der Waals surface area contributed by atoms with Gasteiger partial charge in [-0.2, -0.15) is 0 Å². The van der Waals surface area contributed by atoms with Crippen molar-refractivity contribution >= 4 is 80.2 Å². The number of nitrogens with one attached hydrogen (secondary N) is 1. The van der Waals surface area contributed by atoms with Crippen LogP contribution in [0.3, 0.4) is 0 Å². The summed E-state index contributed by atoms with van der Waals surface area (Å²) in [6.07, 6.45) is 19.3. The summed E-state index contributed by atoms with van der Waals surface area (Å²) in [4.78, 5) is 84.3. The Morgan fingerprint density at radius 2 is 0.963 bits per heavy atom. The third kappa shape index (κ3) is 18.3. The van der Waals surface area contributed by atoms with Crippen molar-refractivity contribution in [2.24, 2.45) is 5.73 Å². The normalized spacial score (nSPS) is 16.4. The van der Waals surface area contributed by atoms with Crippen LogP contribution in [0, 0.1) is 0 Å². The quantitative estimate of drug-likeness (QED) is 0.0274. The number of carboxylic acids is 1. The first-order valence-electron chi connectivity index (χ1n) is 38.2. The van der Waals surface area contributed by atoms with Crippen molar-refractivity contribution in [2.75, 3.05) is 113 Å². The Morgan fingerprint density at radius 3 is 1.34 bits per heavy atom. The van der Waals surface area contributed by atoms with Crippen LogP contribution in [0.25, 0.3) is 44.3 Å². The first kappa shape index (κ1) is 76.4. The van der Waals surface area contributed by atoms with Crippen LogP contribution in [-0.2, 0) is 64.4 Å². The van der Waals surface area contributed by atoms with E-state index in [1.54, 1.807) is 24.3 Å². The number of aromatic nitrogens is 2. The third-order valence-corrected chi connectivity index (χ3v) is 21.4. The number of methoxy groups -OCH3 is 2. The van der Waals surface area contributed by atoms with Gasteiger partial charge in [0.1, 0.15) is 37.8 Å². The molecule has 6 fully saturated rings. The summed E-state index contributed by atoms with van der Waals surface area (Å²) in [6.45, 7) is 16.4. The van der Waals surface area contributed by atoms with Crippen molar-refractivity contribution < 1.29 is 62.3 Å². The number of anilines is 4. The number of esters is 2. The zero-order valence-electron chi connectivity index (χ0n) is 62.0. The lowest BCUT2D eigenvalue weighted by Crippen LogP contribution is -2.37. The highest BCUT2D eigenvalue weighted by molar-refractivity contribution is 6.02. The van der Waals surface area contributed by atoms with Crippen LogP contribution in [0.5, 0.6) is 11.5 Å². The summed E-state index contributed by atoms with van der Waals surface area (Å²) >= 11 is 0. The zero-order valence-corrected chi connectivity index (χ0v) is 62.0. The zero-order chi connectivity index (χ0) is 74.8. The summed E-state index contributed by atoms with van der Waals surface area (Å²) < 4.78 is 38.1. The molecule has 4 N–H and O–H groups in total. The molecule has 4 saturated heterocycles. The topological polar surface area (TPSA) is 239 Å². The van der Waals surface area contributed by atoms with E-state index in [9.17, 15) is 33.9 Å². The number of carbonyl (C=O) groups excluding carboxylic acids is 5. The van der Waals surface area contributed by atoms with Crippen LogP contribution in [-0.4, -0.2) is 143 Å². The van der Waals surface area contributed by atoms with Crippen molar-refractivity contribution in [3.05, 3.63) is 180 Å². The Balaban J connectivity index is 0.000000189. The standard InChI is InChI=1S/C43H50N4O6.C39H43N3O7.C4H9N/c1-3-4-20-44-39(48)28-47-38-27-32(43(50)51-2)14-18-36(38)41(30-9-6-5-7-10-30)42(47)31-12-16-35(17-13-31)53-29-33-26-34(46-21-8-11-40(46)49)15-19-37(33)45-22-24-52-25-23-45;1-47-39(46)28-11-15-32-34(23-28)42(24-36(44)45)38(37(32)26-6-3-2-4-7-26)27-9-13-31(14-10-27)49-25-29-22-30(41-17-5-8-35(41)43)12-16-33(29)40-18-20-48-21-19-40;1-2-3-4-5/h3,12-19,26-27,30H,1,4-11,20-25,28-29H2,2H3,(H,44,48);9-16,22-23,26H,2-8,17-21,24-25H2,1H3,(H,44,45);2H,1,3-5H2. The van der Waals surface area contributed by atoms with Crippen molar-refractivity contribution in [3.8, 4) is 34.0 Å². The molecular formula is C86H102N8O13. The number of hydrogen-bond donors (Lipinski definition) is 3. The smallest absolute Gasteiger partial charge is 0.337 e. The molecule has 3 amide bonds. The molecule has 564 valence electrons. The van der Waals surface area contributed by atoms with E-state index in [1.807, 2.05) is 87.2 Å². The molecule has 4 aliphatic heterocycles. The van der Waals surface area contributed by atoms with E-state index >= 15 is 0 Å². The lowest BCUT2D eigenvalue weighted by molar-refractivity contribution is -0.137. The maximum absolute atomic E-state index is 13.4. The molecule has 6 aromatic carbocycles. The monoisotopic (exact) mass is 1450 g/mol. The van der Waals surface area contributed by atoms with Gasteiger partial charge in [-0.1, -0.05) is 62.8 Å². The van der Waals surface area contributed by atoms with E-state index in [0.29, 0.717) is 93.8 Å². The van der Waals surface area contributed by atoms with Gasteiger partial charge in [0.2, 0.25) is 17.7 Å².